The van der Waals surface area contributed by atoms with Crippen LogP contribution in [0.3, 0.4) is 0 Å². The zero-order valence-corrected chi connectivity index (χ0v) is 15.2. The van der Waals surface area contributed by atoms with E-state index in [1.54, 1.807) is 24.3 Å². The van der Waals surface area contributed by atoms with Gasteiger partial charge in [0.05, 0.1) is 6.42 Å². The van der Waals surface area contributed by atoms with E-state index in [4.69, 9.17) is 21.4 Å². The van der Waals surface area contributed by atoms with Crippen LogP contribution in [0, 0.1) is 11.8 Å². The van der Waals surface area contributed by atoms with Gasteiger partial charge in [0.25, 0.3) is 0 Å². The van der Waals surface area contributed by atoms with Crippen molar-refractivity contribution >= 4 is 17.6 Å². The van der Waals surface area contributed by atoms with Gasteiger partial charge in [-0.05, 0) is 53.1 Å². The van der Waals surface area contributed by atoms with Crippen LogP contribution in [0.15, 0.2) is 72.8 Å². The lowest BCUT2D eigenvalue weighted by molar-refractivity contribution is -0.136. The summed E-state index contributed by atoms with van der Waals surface area (Å²) in [4.78, 5) is 10.9. The van der Waals surface area contributed by atoms with Crippen molar-refractivity contribution in [1.29, 1.82) is 0 Å². The fourth-order valence-corrected chi connectivity index (χ4v) is 2.70. The fourth-order valence-electron chi connectivity index (χ4n) is 2.57. The van der Waals surface area contributed by atoms with Gasteiger partial charge in [-0.15, -0.1) is 0 Å². The number of aliphatic carboxylic acids is 1. The smallest absolute Gasteiger partial charge is 0.307 e. The first kappa shape index (κ1) is 18.6. The van der Waals surface area contributed by atoms with E-state index in [1.165, 1.54) is 0 Å². The molecule has 3 aromatic carbocycles. The Bertz CT molecular complexity index is 981. The molecule has 0 heterocycles. The first-order chi connectivity index (χ1) is 13.1. The first-order valence-electron chi connectivity index (χ1n) is 8.38. The summed E-state index contributed by atoms with van der Waals surface area (Å²) in [6.07, 6.45) is 0.0189. The van der Waals surface area contributed by atoms with E-state index in [0.29, 0.717) is 11.6 Å². The van der Waals surface area contributed by atoms with Crippen molar-refractivity contribution in [2.24, 2.45) is 0 Å². The summed E-state index contributed by atoms with van der Waals surface area (Å²) in [6.45, 7) is 0.292. The van der Waals surface area contributed by atoms with Crippen LogP contribution in [0.2, 0.25) is 5.02 Å². The number of rotatable bonds is 5. The van der Waals surface area contributed by atoms with Gasteiger partial charge in [-0.1, -0.05) is 59.8 Å². The molecule has 3 rings (SSSR count). The SMILES string of the molecule is O=C(O)Cc1cccc(-c2ccc(C#CCOc3ccc(Cl)cc3)cc2)c1. The molecule has 0 unspecified atom stereocenters. The quantitative estimate of drug-likeness (QED) is 0.633. The summed E-state index contributed by atoms with van der Waals surface area (Å²) in [6, 6.07) is 22.5. The van der Waals surface area contributed by atoms with Gasteiger partial charge in [0.1, 0.15) is 12.4 Å². The monoisotopic (exact) mass is 376 g/mol. The van der Waals surface area contributed by atoms with Crippen LogP contribution in [0.5, 0.6) is 5.75 Å². The molecule has 0 spiro atoms. The van der Waals surface area contributed by atoms with Crippen molar-refractivity contribution in [2.45, 2.75) is 6.42 Å². The van der Waals surface area contributed by atoms with E-state index in [9.17, 15) is 4.79 Å². The Morgan fingerprint density at radius 3 is 2.41 bits per heavy atom. The fraction of sp³-hybridized carbons (Fsp3) is 0.0870. The van der Waals surface area contributed by atoms with E-state index in [2.05, 4.69) is 11.8 Å². The van der Waals surface area contributed by atoms with Crippen molar-refractivity contribution in [3.8, 4) is 28.7 Å². The highest BCUT2D eigenvalue weighted by atomic mass is 35.5. The van der Waals surface area contributed by atoms with Crippen LogP contribution < -0.4 is 4.74 Å². The highest BCUT2D eigenvalue weighted by Crippen LogP contribution is 2.21. The standard InChI is InChI=1S/C23H17ClO3/c24-21-10-12-22(13-11-21)27-14-2-4-17-6-8-19(9-7-17)20-5-1-3-18(15-20)16-23(25)26/h1,3,5-13,15H,14,16H2,(H,25,26). The van der Waals surface area contributed by atoms with Crippen LogP contribution in [-0.4, -0.2) is 17.7 Å². The lowest BCUT2D eigenvalue weighted by atomic mass is 10.0. The topological polar surface area (TPSA) is 46.5 Å². The largest absolute Gasteiger partial charge is 0.481 e. The lowest BCUT2D eigenvalue weighted by Crippen LogP contribution is -1.99. The molecule has 0 saturated heterocycles. The third-order valence-electron chi connectivity index (χ3n) is 3.86. The zero-order valence-electron chi connectivity index (χ0n) is 14.5. The number of hydrogen-bond donors (Lipinski definition) is 1. The number of ether oxygens (including phenoxy) is 1. The Morgan fingerprint density at radius 1 is 0.963 bits per heavy atom. The molecule has 3 aromatic rings. The summed E-state index contributed by atoms with van der Waals surface area (Å²) in [5.41, 5.74) is 3.67. The predicted molar refractivity (Wildman–Crippen MR) is 107 cm³/mol. The molecule has 0 aliphatic carbocycles. The average Bonchev–Trinajstić information content (AvgIpc) is 2.67. The molecule has 0 aliphatic rings. The van der Waals surface area contributed by atoms with Gasteiger partial charge in [-0.25, -0.2) is 0 Å². The maximum absolute atomic E-state index is 10.9. The Kier molecular flexibility index (Phi) is 6.14. The second-order valence-electron chi connectivity index (χ2n) is 5.89. The molecule has 0 aliphatic heterocycles. The molecule has 1 N–H and O–H groups in total. The predicted octanol–water partition coefficient (Wildman–Crippen LogP) is 5.06. The normalized spacial score (nSPS) is 9.96. The number of carbonyl (C=O) groups is 1. The molecular formula is C23H17ClO3. The number of halogens is 1. The van der Waals surface area contributed by atoms with Gasteiger partial charge < -0.3 is 9.84 Å². The van der Waals surface area contributed by atoms with Crippen LogP contribution in [0.4, 0.5) is 0 Å². The second-order valence-corrected chi connectivity index (χ2v) is 6.33. The number of carboxylic acid groups (broad SMARTS) is 1. The van der Waals surface area contributed by atoms with E-state index in [-0.39, 0.29) is 6.42 Å². The highest BCUT2D eigenvalue weighted by molar-refractivity contribution is 6.30. The number of benzene rings is 3. The summed E-state index contributed by atoms with van der Waals surface area (Å²) in [5.74, 6) is 5.94. The molecule has 0 fully saturated rings. The third-order valence-corrected chi connectivity index (χ3v) is 4.11. The van der Waals surface area contributed by atoms with E-state index in [1.807, 2.05) is 48.5 Å². The maximum atomic E-state index is 10.9. The highest BCUT2D eigenvalue weighted by Gasteiger charge is 2.03. The number of carboxylic acids is 1. The maximum Gasteiger partial charge on any atom is 0.307 e. The third kappa shape index (κ3) is 5.64. The van der Waals surface area contributed by atoms with Gasteiger partial charge >= 0.3 is 5.97 Å². The minimum atomic E-state index is -0.835. The molecule has 0 atom stereocenters. The zero-order chi connectivity index (χ0) is 19.1. The molecule has 4 heteroatoms. The molecule has 27 heavy (non-hydrogen) atoms. The van der Waals surface area contributed by atoms with E-state index in [0.717, 1.165) is 28.0 Å². The molecular weight excluding hydrogens is 360 g/mol. The van der Waals surface area contributed by atoms with Gasteiger partial charge in [-0.2, -0.15) is 0 Å². The van der Waals surface area contributed by atoms with Crippen LogP contribution in [0.1, 0.15) is 11.1 Å². The number of hydrogen-bond acceptors (Lipinski definition) is 2. The van der Waals surface area contributed by atoms with Crippen molar-refractivity contribution in [3.05, 3.63) is 88.9 Å². The summed E-state index contributed by atoms with van der Waals surface area (Å²) in [7, 11) is 0. The van der Waals surface area contributed by atoms with Crippen LogP contribution >= 0.6 is 11.6 Å². The molecule has 3 nitrogen and oxygen atoms in total. The lowest BCUT2D eigenvalue weighted by Gasteiger charge is -2.04. The van der Waals surface area contributed by atoms with E-state index >= 15 is 0 Å². The van der Waals surface area contributed by atoms with Gasteiger partial charge in [-0.3, -0.25) is 4.79 Å². The van der Waals surface area contributed by atoms with Gasteiger partial charge in [0, 0.05) is 10.6 Å². The Morgan fingerprint density at radius 2 is 1.70 bits per heavy atom. The molecule has 0 bridgehead atoms. The Balaban J connectivity index is 1.62. The van der Waals surface area contributed by atoms with Crippen molar-refractivity contribution in [2.75, 3.05) is 6.61 Å². The average molecular weight is 377 g/mol. The minimum absolute atomic E-state index is 0.0189. The Labute approximate surface area is 163 Å². The Hall–Kier alpha value is -3.22. The summed E-state index contributed by atoms with van der Waals surface area (Å²) < 4.78 is 5.54. The molecule has 0 saturated carbocycles. The summed E-state index contributed by atoms with van der Waals surface area (Å²) >= 11 is 5.83. The van der Waals surface area contributed by atoms with E-state index < -0.39 is 5.97 Å². The summed E-state index contributed by atoms with van der Waals surface area (Å²) in [5, 5.41) is 9.59. The first-order valence-corrected chi connectivity index (χ1v) is 8.76. The second kappa shape index (κ2) is 8.93. The van der Waals surface area contributed by atoms with Crippen molar-refractivity contribution in [3.63, 3.8) is 0 Å². The van der Waals surface area contributed by atoms with Crippen molar-refractivity contribution in [1.82, 2.24) is 0 Å². The molecule has 0 radical (unpaired) electrons. The van der Waals surface area contributed by atoms with Gasteiger partial charge in [0.15, 0.2) is 0 Å². The van der Waals surface area contributed by atoms with Gasteiger partial charge in [0.2, 0.25) is 0 Å². The molecule has 0 aromatic heterocycles. The molecule has 0 amide bonds. The minimum Gasteiger partial charge on any atom is -0.481 e. The van der Waals surface area contributed by atoms with Crippen molar-refractivity contribution < 1.29 is 14.6 Å². The molecule has 134 valence electrons. The van der Waals surface area contributed by atoms with Crippen LogP contribution in [0.25, 0.3) is 11.1 Å². The van der Waals surface area contributed by atoms with Crippen LogP contribution in [-0.2, 0) is 11.2 Å².